The SMILES string of the molecule is COc1cccc(Cl)c1-c1oc(Cc2ccccc2)nc1NS(=O)(=O)c1ccccc1. The first-order chi connectivity index (χ1) is 15.0. The van der Waals surface area contributed by atoms with Crippen LogP contribution in [0.15, 0.2) is 88.2 Å². The van der Waals surface area contributed by atoms with E-state index >= 15 is 0 Å². The third-order valence-corrected chi connectivity index (χ3v) is 6.25. The van der Waals surface area contributed by atoms with E-state index in [1.54, 1.807) is 36.4 Å². The average Bonchev–Trinajstić information content (AvgIpc) is 3.15. The summed E-state index contributed by atoms with van der Waals surface area (Å²) < 4.78 is 39.8. The van der Waals surface area contributed by atoms with Crippen molar-refractivity contribution in [2.45, 2.75) is 11.3 Å². The molecule has 0 unspecified atom stereocenters. The molecule has 31 heavy (non-hydrogen) atoms. The van der Waals surface area contributed by atoms with E-state index in [4.69, 9.17) is 20.8 Å². The van der Waals surface area contributed by atoms with Crippen LogP contribution in [0.1, 0.15) is 11.5 Å². The highest BCUT2D eigenvalue weighted by Crippen LogP contribution is 2.41. The monoisotopic (exact) mass is 454 g/mol. The smallest absolute Gasteiger partial charge is 0.263 e. The van der Waals surface area contributed by atoms with Crippen LogP contribution in [0.4, 0.5) is 5.82 Å². The van der Waals surface area contributed by atoms with E-state index in [9.17, 15) is 8.42 Å². The first kappa shape index (κ1) is 21.0. The number of halogens is 1. The lowest BCUT2D eigenvalue weighted by Crippen LogP contribution is -2.13. The standard InChI is InChI=1S/C23H19ClN2O4S/c1-29-19-14-8-13-18(24)21(19)22-23(26-31(27,28)17-11-6-3-7-12-17)25-20(30-22)15-16-9-4-2-5-10-16/h2-14,26H,15H2,1H3. The van der Waals surface area contributed by atoms with Crippen molar-refractivity contribution >= 4 is 27.4 Å². The summed E-state index contributed by atoms with van der Waals surface area (Å²) in [6, 6.07) is 22.8. The van der Waals surface area contributed by atoms with Crippen molar-refractivity contribution in [2.75, 3.05) is 11.8 Å². The van der Waals surface area contributed by atoms with Gasteiger partial charge in [-0.2, -0.15) is 4.98 Å². The zero-order valence-corrected chi connectivity index (χ0v) is 18.2. The molecule has 0 atom stereocenters. The molecule has 0 aliphatic carbocycles. The number of nitrogens with zero attached hydrogens (tertiary/aromatic N) is 1. The highest BCUT2D eigenvalue weighted by atomic mass is 35.5. The lowest BCUT2D eigenvalue weighted by Gasteiger charge is -2.10. The predicted molar refractivity (Wildman–Crippen MR) is 120 cm³/mol. The second kappa shape index (κ2) is 8.83. The molecular weight excluding hydrogens is 436 g/mol. The number of benzene rings is 3. The van der Waals surface area contributed by atoms with Crippen molar-refractivity contribution in [1.82, 2.24) is 4.98 Å². The number of nitrogens with one attached hydrogen (secondary N) is 1. The molecule has 1 N–H and O–H groups in total. The third-order valence-electron chi connectivity index (χ3n) is 4.58. The summed E-state index contributed by atoms with van der Waals surface area (Å²) >= 11 is 6.43. The van der Waals surface area contributed by atoms with Crippen molar-refractivity contribution in [3.63, 3.8) is 0 Å². The van der Waals surface area contributed by atoms with Crippen LogP contribution >= 0.6 is 11.6 Å². The number of sulfonamides is 1. The fourth-order valence-corrected chi connectivity index (χ4v) is 4.41. The Hall–Kier alpha value is -3.29. The molecule has 0 saturated heterocycles. The topological polar surface area (TPSA) is 81.4 Å². The number of hydrogen-bond acceptors (Lipinski definition) is 5. The normalized spacial score (nSPS) is 11.3. The van der Waals surface area contributed by atoms with E-state index in [0.29, 0.717) is 28.6 Å². The molecule has 158 valence electrons. The van der Waals surface area contributed by atoms with Crippen molar-refractivity contribution < 1.29 is 17.6 Å². The molecule has 0 bridgehead atoms. The van der Waals surface area contributed by atoms with Crippen LogP contribution in [0.2, 0.25) is 5.02 Å². The highest BCUT2D eigenvalue weighted by molar-refractivity contribution is 7.92. The minimum atomic E-state index is -3.89. The van der Waals surface area contributed by atoms with E-state index in [1.165, 1.54) is 19.2 Å². The van der Waals surface area contributed by atoms with Gasteiger partial charge >= 0.3 is 0 Å². The number of oxazole rings is 1. The summed E-state index contributed by atoms with van der Waals surface area (Å²) in [4.78, 5) is 4.55. The van der Waals surface area contributed by atoms with Gasteiger partial charge in [0.15, 0.2) is 11.6 Å². The Morgan fingerprint density at radius 1 is 0.968 bits per heavy atom. The Morgan fingerprint density at radius 2 is 1.65 bits per heavy atom. The van der Waals surface area contributed by atoms with Crippen LogP contribution in [0, 0.1) is 0 Å². The van der Waals surface area contributed by atoms with Crippen LogP contribution in [0.3, 0.4) is 0 Å². The summed E-state index contributed by atoms with van der Waals surface area (Å²) in [7, 11) is -2.39. The van der Waals surface area contributed by atoms with E-state index in [0.717, 1.165) is 5.56 Å². The number of ether oxygens (including phenoxy) is 1. The van der Waals surface area contributed by atoms with Crippen LogP contribution < -0.4 is 9.46 Å². The summed E-state index contributed by atoms with van der Waals surface area (Å²) in [5.74, 6) is 1.01. The Bertz CT molecular complexity index is 1290. The van der Waals surface area contributed by atoms with Crippen molar-refractivity contribution in [2.24, 2.45) is 0 Å². The van der Waals surface area contributed by atoms with Gasteiger partial charge in [-0.3, -0.25) is 4.72 Å². The van der Waals surface area contributed by atoms with Gasteiger partial charge in [0, 0.05) is 6.42 Å². The van der Waals surface area contributed by atoms with Gasteiger partial charge in [0.1, 0.15) is 5.75 Å². The van der Waals surface area contributed by atoms with Gasteiger partial charge in [0.25, 0.3) is 10.0 Å². The molecule has 8 heteroatoms. The summed E-state index contributed by atoms with van der Waals surface area (Å²) in [5.41, 5.74) is 1.39. The maximum absolute atomic E-state index is 12.9. The number of methoxy groups -OCH3 is 1. The molecule has 3 aromatic carbocycles. The van der Waals surface area contributed by atoms with E-state index in [1.807, 2.05) is 30.3 Å². The first-order valence-electron chi connectivity index (χ1n) is 9.42. The van der Waals surface area contributed by atoms with Gasteiger partial charge in [0.05, 0.1) is 22.6 Å². The predicted octanol–water partition coefficient (Wildman–Crippen LogP) is 5.40. The molecule has 0 saturated carbocycles. The van der Waals surface area contributed by atoms with Crippen molar-refractivity contribution in [3.05, 3.63) is 95.3 Å². The van der Waals surface area contributed by atoms with Crippen molar-refractivity contribution in [3.8, 4) is 17.1 Å². The number of aromatic nitrogens is 1. The molecule has 4 aromatic rings. The van der Waals surface area contributed by atoms with Crippen LogP contribution in [0.25, 0.3) is 11.3 Å². The van der Waals surface area contributed by atoms with Gasteiger partial charge < -0.3 is 9.15 Å². The highest BCUT2D eigenvalue weighted by Gasteiger charge is 2.25. The maximum Gasteiger partial charge on any atom is 0.263 e. The first-order valence-corrected chi connectivity index (χ1v) is 11.3. The maximum atomic E-state index is 12.9. The number of hydrogen-bond donors (Lipinski definition) is 1. The molecule has 0 radical (unpaired) electrons. The van der Waals surface area contributed by atoms with E-state index < -0.39 is 10.0 Å². The summed E-state index contributed by atoms with van der Waals surface area (Å²) in [5, 5.41) is 0.349. The van der Waals surface area contributed by atoms with Crippen LogP contribution in [-0.2, 0) is 16.4 Å². The number of anilines is 1. The molecule has 0 aliphatic heterocycles. The molecule has 1 aromatic heterocycles. The van der Waals surface area contributed by atoms with Gasteiger partial charge in [-0.25, -0.2) is 8.42 Å². The van der Waals surface area contributed by atoms with Gasteiger partial charge in [-0.15, -0.1) is 0 Å². The zero-order chi connectivity index (χ0) is 21.8. The molecule has 6 nitrogen and oxygen atoms in total. The minimum Gasteiger partial charge on any atom is -0.496 e. The molecule has 0 aliphatic rings. The molecular formula is C23H19ClN2O4S. The zero-order valence-electron chi connectivity index (χ0n) is 16.6. The molecule has 0 spiro atoms. The fourth-order valence-electron chi connectivity index (χ4n) is 3.13. The average molecular weight is 455 g/mol. The lowest BCUT2D eigenvalue weighted by molar-refractivity contribution is 0.414. The van der Waals surface area contributed by atoms with Crippen LogP contribution in [0.5, 0.6) is 5.75 Å². The second-order valence-corrected chi connectivity index (χ2v) is 8.77. The Morgan fingerprint density at radius 3 is 2.32 bits per heavy atom. The van der Waals surface area contributed by atoms with Crippen molar-refractivity contribution in [1.29, 1.82) is 0 Å². The largest absolute Gasteiger partial charge is 0.496 e. The minimum absolute atomic E-state index is 0.0428. The van der Waals surface area contributed by atoms with Crippen LogP contribution in [-0.4, -0.2) is 20.5 Å². The van der Waals surface area contributed by atoms with E-state index in [2.05, 4.69) is 9.71 Å². The summed E-state index contributed by atoms with van der Waals surface area (Å²) in [6.07, 6.45) is 0.383. The quantitative estimate of drug-likeness (QED) is 0.404. The van der Waals surface area contributed by atoms with E-state index in [-0.39, 0.29) is 16.5 Å². The second-order valence-electron chi connectivity index (χ2n) is 6.68. The Balaban J connectivity index is 1.81. The van der Waals surface area contributed by atoms with Gasteiger partial charge in [0.2, 0.25) is 5.89 Å². The Kier molecular flexibility index (Phi) is 5.97. The molecule has 4 rings (SSSR count). The summed E-state index contributed by atoms with van der Waals surface area (Å²) in [6.45, 7) is 0. The molecule has 1 heterocycles. The fraction of sp³-hybridized carbons (Fsp3) is 0.0870. The lowest BCUT2D eigenvalue weighted by atomic mass is 10.1. The van der Waals surface area contributed by atoms with Gasteiger partial charge in [-0.1, -0.05) is 66.2 Å². The molecule has 0 fully saturated rings. The third kappa shape index (κ3) is 4.57. The molecule has 0 amide bonds. The number of rotatable bonds is 7. The Labute approximate surface area is 185 Å². The van der Waals surface area contributed by atoms with Gasteiger partial charge in [-0.05, 0) is 29.8 Å².